The second-order valence-corrected chi connectivity index (χ2v) is 6.42. The molecular formula is C20H22N4. The van der Waals surface area contributed by atoms with Gasteiger partial charge in [0, 0.05) is 25.0 Å². The van der Waals surface area contributed by atoms with Gasteiger partial charge in [-0.05, 0) is 37.5 Å². The van der Waals surface area contributed by atoms with Crippen molar-refractivity contribution in [2.45, 2.75) is 26.3 Å². The molecule has 1 saturated heterocycles. The van der Waals surface area contributed by atoms with Crippen molar-refractivity contribution >= 4 is 22.7 Å². The molecule has 3 aromatic rings. The smallest absolute Gasteiger partial charge is 0.225 e. The lowest BCUT2D eigenvalue weighted by Gasteiger charge is -2.19. The van der Waals surface area contributed by atoms with Crippen LogP contribution in [-0.2, 0) is 6.54 Å². The van der Waals surface area contributed by atoms with Crippen LogP contribution in [-0.4, -0.2) is 23.1 Å². The third kappa shape index (κ3) is 3.04. The van der Waals surface area contributed by atoms with Gasteiger partial charge in [0.05, 0.1) is 5.52 Å². The van der Waals surface area contributed by atoms with Crippen LogP contribution in [0.15, 0.2) is 48.5 Å². The van der Waals surface area contributed by atoms with E-state index in [4.69, 9.17) is 9.97 Å². The molecule has 24 heavy (non-hydrogen) atoms. The Bertz CT molecular complexity index is 836. The summed E-state index contributed by atoms with van der Waals surface area (Å²) < 4.78 is 0. The number of aryl methyl sites for hydroxylation is 1. The van der Waals surface area contributed by atoms with Crippen LogP contribution < -0.4 is 10.2 Å². The maximum absolute atomic E-state index is 4.82. The zero-order valence-corrected chi connectivity index (χ0v) is 14.0. The molecular weight excluding hydrogens is 296 g/mol. The van der Waals surface area contributed by atoms with Crippen molar-refractivity contribution in [3.63, 3.8) is 0 Å². The summed E-state index contributed by atoms with van der Waals surface area (Å²) in [5.41, 5.74) is 3.51. The summed E-state index contributed by atoms with van der Waals surface area (Å²) in [7, 11) is 0. The molecule has 0 radical (unpaired) electrons. The van der Waals surface area contributed by atoms with Gasteiger partial charge in [-0.25, -0.2) is 4.98 Å². The molecule has 0 spiro atoms. The summed E-state index contributed by atoms with van der Waals surface area (Å²) in [6, 6.07) is 16.8. The number of nitrogens with zero attached hydrogens (tertiary/aromatic N) is 3. The second kappa shape index (κ2) is 6.48. The van der Waals surface area contributed by atoms with Gasteiger partial charge < -0.3 is 10.2 Å². The Morgan fingerprint density at radius 3 is 2.50 bits per heavy atom. The summed E-state index contributed by atoms with van der Waals surface area (Å²) in [5.74, 6) is 1.76. The van der Waals surface area contributed by atoms with E-state index in [0.717, 1.165) is 36.4 Å². The Kier molecular flexibility index (Phi) is 4.03. The van der Waals surface area contributed by atoms with Crippen LogP contribution >= 0.6 is 0 Å². The molecule has 0 saturated carbocycles. The first-order valence-electron chi connectivity index (χ1n) is 8.61. The van der Waals surface area contributed by atoms with Crippen molar-refractivity contribution in [2.24, 2.45) is 0 Å². The number of rotatable bonds is 4. The minimum atomic E-state index is 0.705. The van der Waals surface area contributed by atoms with E-state index >= 15 is 0 Å². The van der Waals surface area contributed by atoms with E-state index in [9.17, 15) is 0 Å². The summed E-state index contributed by atoms with van der Waals surface area (Å²) in [4.78, 5) is 11.9. The highest BCUT2D eigenvalue weighted by atomic mass is 15.2. The van der Waals surface area contributed by atoms with Crippen LogP contribution in [0.3, 0.4) is 0 Å². The van der Waals surface area contributed by atoms with E-state index in [1.807, 2.05) is 6.07 Å². The van der Waals surface area contributed by atoms with Crippen molar-refractivity contribution in [2.75, 3.05) is 23.3 Å². The largest absolute Gasteiger partial charge is 0.356 e. The average Bonchev–Trinajstić information content (AvgIpc) is 3.15. The zero-order chi connectivity index (χ0) is 16.4. The minimum absolute atomic E-state index is 0.705. The SMILES string of the molecule is Cc1ccc(CNc2nc(N3CCCC3)c3ccccc3n2)cc1. The van der Waals surface area contributed by atoms with Gasteiger partial charge in [0.15, 0.2) is 0 Å². The Morgan fingerprint density at radius 1 is 0.958 bits per heavy atom. The quantitative estimate of drug-likeness (QED) is 0.784. The number of nitrogens with one attached hydrogen (secondary N) is 1. The van der Waals surface area contributed by atoms with Gasteiger partial charge >= 0.3 is 0 Å². The molecule has 2 aromatic carbocycles. The summed E-state index contributed by atoms with van der Waals surface area (Å²) in [6.07, 6.45) is 2.48. The van der Waals surface area contributed by atoms with Crippen molar-refractivity contribution < 1.29 is 0 Å². The lowest BCUT2D eigenvalue weighted by molar-refractivity contribution is 0.935. The Balaban J connectivity index is 1.64. The summed E-state index contributed by atoms with van der Waals surface area (Å²) in [6.45, 7) is 5.00. The number of hydrogen-bond acceptors (Lipinski definition) is 4. The van der Waals surface area contributed by atoms with Gasteiger partial charge in [-0.3, -0.25) is 0 Å². The van der Waals surface area contributed by atoms with Gasteiger partial charge in [-0.2, -0.15) is 4.98 Å². The molecule has 1 N–H and O–H groups in total. The molecule has 1 aromatic heterocycles. The van der Waals surface area contributed by atoms with Crippen LogP contribution in [0.25, 0.3) is 10.9 Å². The first-order valence-corrected chi connectivity index (χ1v) is 8.61. The van der Waals surface area contributed by atoms with E-state index in [2.05, 4.69) is 59.6 Å². The summed E-state index contributed by atoms with van der Waals surface area (Å²) >= 11 is 0. The number of para-hydroxylation sites is 1. The topological polar surface area (TPSA) is 41.1 Å². The maximum Gasteiger partial charge on any atom is 0.225 e. The monoisotopic (exact) mass is 318 g/mol. The third-order valence-electron chi connectivity index (χ3n) is 4.56. The van der Waals surface area contributed by atoms with Gasteiger partial charge in [0.1, 0.15) is 5.82 Å². The van der Waals surface area contributed by atoms with E-state index < -0.39 is 0 Å². The first kappa shape index (κ1) is 14.9. The van der Waals surface area contributed by atoms with Crippen LogP contribution in [0, 0.1) is 6.92 Å². The van der Waals surface area contributed by atoms with E-state index in [-0.39, 0.29) is 0 Å². The van der Waals surface area contributed by atoms with E-state index in [0.29, 0.717) is 5.95 Å². The maximum atomic E-state index is 4.82. The number of benzene rings is 2. The molecule has 4 nitrogen and oxygen atoms in total. The normalized spacial score (nSPS) is 14.3. The fourth-order valence-corrected chi connectivity index (χ4v) is 3.20. The fourth-order valence-electron chi connectivity index (χ4n) is 3.20. The lowest BCUT2D eigenvalue weighted by atomic mass is 10.1. The molecule has 1 fully saturated rings. The predicted octanol–water partition coefficient (Wildman–Crippen LogP) is 4.15. The van der Waals surface area contributed by atoms with Crippen LogP contribution in [0.2, 0.25) is 0 Å². The second-order valence-electron chi connectivity index (χ2n) is 6.42. The third-order valence-corrected chi connectivity index (χ3v) is 4.56. The van der Waals surface area contributed by atoms with Crippen LogP contribution in [0.1, 0.15) is 24.0 Å². The van der Waals surface area contributed by atoms with Crippen LogP contribution in [0.4, 0.5) is 11.8 Å². The molecule has 0 atom stereocenters. The highest BCUT2D eigenvalue weighted by Crippen LogP contribution is 2.28. The first-order chi connectivity index (χ1) is 11.8. The minimum Gasteiger partial charge on any atom is -0.356 e. The van der Waals surface area contributed by atoms with Gasteiger partial charge in [0.2, 0.25) is 5.95 Å². The van der Waals surface area contributed by atoms with Crippen LogP contribution in [0.5, 0.6) is 0 Å². The predicted molar refractivity (Wildman–Crippen MR) is 99.5 cm³/mol. The highest BCUT2D eigenvalue weighted by Gasteiger charge is 2.17. The molecule has 4 heteroatoms. The Hall–Kier alpha value is -2.62. The molecule has 2 heterocycles. The number of aromatic nitrogens is 2. The van der Waals surface area contributed by atoms with Crippen molar-refractivity contribution in [3.05, 3.63) is 59.7 Å². The molecule has 4 rings (SSSR count). The average molecular weight is 318 g/mol. The van der Waals surface area contributed by atoms with E-state index in [1.54, 1.807) is 0 Å². The molecule has 0 aliphatic carbocycles. The standard InChI is InChI=1S/C20H22N4/c1-15-8-10-16(11-9-15)14-21-20-22-18-7-3-2-6-17(18)19(23-20)24-12-4-5-13-24/h2-3,6-11H,4-5,12-14H2,1H3,(H,21,22,23). The molecule has 1 aliphatic rings. The zero-order valence-electron chi connectivity index (χ0n) is 14.0. The Labute approximate surface area is 142 Å². The lowest BCUT2D eigenvalue weighted by Crippen LogP contribution is -2.20. The number of hydrogen-bond donors (Lipinski definition) is 1. The molecule has 1 aliphatic heterocycles. The molecule has 0 unspecified atom stereocenters. The van der Waals surface area contributed by atoms with E-state index in [1.165, 1.54) is 24.0 Å². The number of anilines is 2. The van der Waals surface area contributed by atoms with Gasteiger partial charge in [0.25, 0.3) is 0 Å². The number of fused-ring (bicyclic) bond motifs is 1. The van der Waals surface area contributed by atoms with Crippen molar-refractivity contribution in [1.29, 1.82) is 0 Å². The van der Waals surface area contributed by atoms with Crippen molar-refractivity contribution in [3.8, 4) is 0 Å². The summed E-state index contributed by atoms with van der Waals surface area (Å²) in [5, 5.41) is 4.53. The Morgan fingerprint density at radius 2 is 1.71 bits per heavy atom. The molecule has 0 bridgehead atoms. The highest BCUT2D eigenvalue weighted by molar-refractivity contribution is 5.90. The molecule has 122 valence electrons. The molecule has 0 amide bonds. The van der Waals surface area contributed by atoms with Gasteiger partial charge in [-0.15, -0.1) is 0 Å². The fraction of sp³-hybridized carbons (Fsp3) is 0.300. The van der Waals surface area contributed by atoms with Gasteiger partial charge in [-0.1, -0.05) is 42.0 Å². The van der Waals surface area contributed by atoms with Crippen molar-refractivity contribution in [1.82, 2.24) is 9.97 Å².